The molecule has 1 heterocycles. The van der Waals surface area contributed by atoms with Gasteiger partial charge in [-0.2, -0.15) is 0 Å². The summed E-state index contributed by atoms with van der Waals surface area (Å²) in [5.74, 6) is 0.818. The van der Waals surface area contributed by atoms with Crippen LogP contribution in [0, 0.1) is 0 Å². The van der Waals surface area contributed by atoms with Crippen LogP contribution >= 0.6 is 0 Å². The molecule has 2 N–H and O–H groups in total. The second-order valence-electron chi connectivity index (χ2n) is 5.62. The van der Waals surface area contributed by atoms with Crippen molar-refractivity contribution in [1.82, 2.24) is 0 Å². The van der Waals surface area contributed by atoms with Gasteiger partial charge in [0.15, 0.2) is 12.7 Å². The summed E-state index contributed by atoms with van der Waals surface area (Å²) < 4.78 is 11.0. The van der Waals surface area contributed by atoms with E-state index in [1.807, 2.05) is 0 Å². The molecule has 24 heavy (non-hydrogen) atoms. The van der Waals surface area contributed by atoms with E-state index in [1.165, 1.54) is 4.90 Å². The largest absolute Gasteiger partial charge is 0.483 e. The number of anilines is 2. The zero-order valence-corrected chi connectivity index (χ0v) is 13.5. The lowest BCUT2D eigenvalue weighted by Gasteiger charge is -2.26. The minimum Gasteiger partial charge on any atom is -0.483 e. The number of hydrogen-bond donors (Lipinski definition) is 1. The van der Waals surface area contributed by atoms with Crippen LogP contribution in [0.15, 0.2) is 42.5 Å². The number of fused-ring (bicyclic) bond motifs is 1. The number of nitrogens with two attached hydrogens (primary N) is 1. The van der Waals surface area contributed by atoms with Crippen molar-refractivity contribution >= 4 is 23.1 Å². The molecule has 0 spiro atoms. The summed E-state index contributed by atoms with van der Waals surface area (Å²) in [7, 11) is 1.66. The molecule has 3 rings (SSSR count). The van der Waals surface area contributed by atoms with Crippen molar-refractivity contribution in [2.45, 2.75) is 13.0 Å². The predicted molar refractivity (Wildman–Crippen MR) is 90.6 cm³/mol. The molecular formula is C18H18N2O4. The fourth-order valence-corrected chi connectivity index (χ4v) is 2.46. The number of amides is 1. The second-order valence-corrected chi connectivity index (χ2v) is 5.62. The summed E-state index contributed by atoms with van der Waals surface area (Å²) in [6.07, 6.45) is -0.669. The molecule has 1 atom stereocenters. The number of carbonyl (C=O) groups excluding carboxylic acids is 2. The summed E-state index contributed by atoms with van der Waals surface area (Å²) >= 11 is 0. The van der Waals surface area contributed by atoms with Crippen LogP contribution in [0.2, 0.25) is 0 Å². The Kier molecular flexibility index (Phi) is 4.12. The third kappa shape index (κ3) is 3.03. The molecule has 2 aromatic rings. The number of rotatable bonds is 4. The summed E-state index contributed by atoms with van der Waals surface area (Å²) in [4.78, 5) is 25.8. The first-order valence-electron chi connectivity index (χ1n) is 7.55. The smallest absolute Gasteiger partial charge is 0.264 e. The first kappa shape index (κ1) is 15.9. The van der Waals surface area contributed by atoms with E-state index < -0.39 is 6.10 Å². The van der Waals surface area contributed by atoms with E-state index in [0.717, 1.165) is 0 Å². The number of benzene rings is 2. The van der Waals surface area contributed by atoms with E-state index in [1.54, 1.807) is 56.4 Å². The standard InChI is InChI=1S/C18H18N2O4/c1-11(24-14-6-4-13(19)5-7-14)18(22)12-3-8-16-15(9-12)20(2)17(21)10-23-16/h3-9,11H,10,19H2,1-2H3. The van der Waals surface area contributed by atoms with Gasteiger partial charge in [-0.3, -0.25) is 9.59 Å². The Balaban J connectivity index is 1.79. The molecule has 0 aromatic heterocycles. The number of nitrogen functional groups attached to an aromatic ring is 1. The van der Waals surface area contributed by atoms with Gasteiger partial charge < -0.3 is 20.1 Å². The molecule has 2 aromatic carbocycles. The fourth-order valence-electron chi connectivity index (χ4n) is 2.46. The van der Waals surface area contributed by atoms with E-state index in [2.05, 4.69) is 0 Å². The van der Waals surface area contributed by atoms with Gasteiger partial charge in [0, 0.05) is 18.3 Å². The number of ketones is 1. The van der Waals surface area contributed by atoms with Crippen molar-refractivity contribution in [3.63, 3.8) is 0 Å². The average molecular weight is 326 g/mol. The minimum atomic E-state index is -0.669. The molecule has 1 aliphatic rings. The van der Waals surface area contributed by atoms with Crippen LogP contribution in [0.1, 0.15) is 17.3 Å². The molecule has 6 nitrogen and oxygen atoms in total. The van der Waals surface area contributed by atoms with Gasteiger partial charge in [-0.15, -0.1) is 0 Å². The molecule has 124 valence electrons. The molecule has 0 saturated heterocycles. The van der Waals surface area contributed by atoms with Crippen molar-refractivity contribution < 1.29 is 19.1 Å². The van der Waals surface area contributed by atoms with Crippen LogP contribution in [0.25, 0.3) is 0 Å². The van der Waals surface area contributed by atoms with Gasteiger partial charge in [-0.1, -0.05) is 0 Å². The number of Topliss-reactive ketones (excluding diaryl/α,β-unsaturated/α-hetero) is 1. The minimum absolute atomic E-state index is 0.00739. The lowest BCUT2D eigenvalue weighted by atomic mass is 10.0. The van der Waals surface area contributed by atoms with E-state index in [4.69, 9.17) is 15.2 Å². The molecule has 1 unspecified atom stereocenters. The van der Waals surface area contributed by atoms with Gasteiger partial charge in [0.1, 0.15) is 11.5 Å². The summed E-state index contributed by atoms with van der Waals surface area (Å²) in [5.41, 5.74) is 7.30. The van der Waals surface area contributed by atoms with E-state index in [0.29, 0.717) is 28.4 Å². The highest BCUT2D eigenvalue weighted by molar-refractivity contribution is 6.03. The van der Waals surface area contributed by atoms with E-state index in [-0.39, 0.29) is 18.3 Å². The Bertz CT molecular complexity index is 786. The SMILES string of the molecule is CC(Oc1ccc(N)cc1)C(=O)c1ccc2c(c1)N(C)C(=O)CO2. The Morgan fingerprint density at radius 1 is 1.25 bits per heavy atom. The van der Waals surface area contributed by atoms with E-state index in [9.17, 15) is 9.59 Å². The molecule has 0 fully saturated rings. The number of nitrogens with zero attached hydrogens (tertiary/aromatic N) is 1. The maximum atomic E-state index is 12.6. The Morgan fingerprint density at radius 2 is 1.96 bits per heavy atom. The molecule has 1 amide bonds. The molecule has 6 heteroatoms. The van der Waals surface area contributed by atoms with Crippen LogP contribution in [0.4, 0.5) is 11.4 Å². The van der Waals surface area contributed by atoms with Crippen molar-refractivity contribution in [3.8, 4) is 11.5 Å². The number of carbonyl (C=O) groups is 2. The van der Waals surface area contributed by atoms with Crippen LogP contribution in [0.3, 0.4) is 0 Å². The van der Waals surface area contributed by atoms with Crippen LogP contribution in [-0.4, -0.2) is 31.4 Å². The first-order valence-corrected chi connectivity index (χ1v) is 7.55. The van der Waals surface area contributed by atoms with Crippen LogP contribution in [-0.2, 0) is 4.79 Å². The van der Waals surface area contributed by atoms with Gasteiger partial charge in [-0.25, -0.2) is 0 Å². The summed E-state index contributed by atoms with van der Waals surface area (Å²) in [6.45, 7) is 1.69. The predicted octanol–water partition coefficient (Wildman–Crippen LogP) is 2.27. The van der Waals surface area contributed by atoms with Crippen molar-refractivity contribution in [2.24, 2.45) is 0 Å². The first-order chi connectivity index (χ1) is 11.5. The highest BCUT2D eigenvalue weighted by Gasteiger charge is 2.25. The van der Waals surface area contributed by atoms with Crippen LogP contribution in [0.5, 0.6) is 11.5 Å². The monoisotopic (exact) mass is 326 g/mol. The van der Waals surface area contributed by atoms with Crippen molar-refractivity contribution in [3.05, 3.63) is 48.0 Å². The Hall–Kier alpha value is -3.02. The summed E-state index contributed by atoms with van der Waals surface area (Å²) in [5, 5.41) is 0. The zero-order chi connectivity index (χ0) is 17.3. The van der Waals surface area contributed by atoms with Gasteiger partial charge in [0.25, 0.3) is 5.91 Å². The van der Waals surface area contributed by atoms with Gasteiger partial charge >= 0.3 is 0 Å². The molecule has 0 radical (unpaired) electrons. The average Bonchev–Trinajstić information content (AvgIpc) is 2.59. The maximum absolute atomic E-state index is 12.6. The number of likely N-dealkylation sites (N-methyl/N-ethyl adjacent to an activating group) is 1. The van der Waals surface area contributed by atoms with E-state index >= 15 is 0 Å². The molecule has 0 bridgehead atoms. The molecule has 0 saturated carbocycles. The topological polar surface area (TPSA) is 81.9 Å². The fraction of sp³-hybridized carbons (Fsp3) is 0.222. The third-order valence-electron chi connectivity index (χ3n) is 3.89. The molecule has 0 aliphatic carbocycles. The number of ether oxygens (including phenoxy) is 2. The van der Waals surface area contributed by atoms with Gasteiger partial charge in [-0.05, 0) is 49.4 Å². The number of hydrogen-bond acceptors (Lipinski definition) is 5. The lowest BCUT2D eigenvalue weighted by molar-refractivity contribution is -0.120. The third-order valence-corrected chi connectivity index (χ3v) is 3.89. The second kappa shape index (κ2) is 6.23. The highest BCUT2D eigenvalue weighted by Crippen LogP contribution is 2.32. The Labute approximate surface area is 139 Å². The zero-order valence-electron chi connectivity index (χ0n) is 13.5. The normalized spacial score (nSPS) is 14.6. The summed E-state index contributed by atoms with van der Waals surface area (Å²) in [6, 6.07) is 11.9. The highest BCUT2D eigenvalue weighted by atomic mass is 16.5. The Morgan fingerprint density at radius 3 is 2.67 bits per heavy atom. The van der Waals surface area contributed by atoms with Gasteiger partial charge in [0.05, 0.1) is 5.69 Å². The molecule has 1 aliphatic heterocycles. The quantitative estimate of drug-likeness (QED) is 0.688. The van der Waals surface area contributed by atoms with Crippen molar-refractivity contribution in [1.29, 1.82) is 0 Å². The van der Waals surface area contributed by atoms with Crippen molar-refractivity contribution in [2.75, 3.05) is 24.3 Å². The van der Waals surface area contributed by atoms with Gasteiger partial charge in [0.2, 0.25) is 5.78 Å². The maximum Gasteiger partial charge on any atom is 0.264 e. The lowest BCUT2D eigenvalue weighted by Crippen LogP contribution is -2.35. The van der Waals surface area contributed by atoms with Crippen LogP contribution < -0.4 is 20.1 Å². The molecular weight excluding hydrogens is 308 g/mol.